The third-order valence-corrected chi connectivity index (χ3v) is 6.68. The van der Waals surface area contributed by atoms with E-state index < -0.39 is 11.6 Å². The van der Waals surface area contributed by atoms with Crippen molar-refractivity contribution in [2.45, 2.75) is 51.7 Å². The number of amides is 2. The fraction of sp³-hybridized carbons (Fsp3) is 0.636. The zero-order valence-corrected chi connectivity index (χ0v) is 17.0. The van der Waals surface area contributed by atoms with Gasteiger partial charge in [0, 0.05) is 37.7 Å². The first-order valence-corrected chi connectivity index (χ1v) is 10.4. The molecule has 158 valence electrons. The van der Waals surface area contributed by atoms with Crippen molar-refractivity contribution in [1.29, 1.82) is 0 Å². The second-order valence-electron chi connectivity index (χ2n) is 8.91. The summed E-state index contributed by atoms with van der Waals surface area (Å²) in [5.41, 5.74) is 0.0910. The predicted molar refractivity (Wildman–Crippen MR) is 103 cm³/mol. The number of carbonyl (C=O) groups excluding carboxylic acids is 2. The van der Waals surface area contributed by atoms with Crippen LogP contribution in [0.15, 0.2) is 18.2 Å². The van der Waals surface area contributed by atoms with Gasteiger partial charge in [-0.2, -0.15) is 0 Å². The third-order valence-electron chi connectivity index (χ3n) is 6.68. The van der Waals surface area contributed by atoms with Gasteiger partial charge in [0.25, 0.3) is 0 Å². The quantitative estimate of drug-likeness (QED) is 0.776. The van der Waals surface area contributed by atoms with Crippen LogP contribution in [-0.2, 0) is 20.7 Å². The Labute approximate surface area is 170 Å². The molecular weight excluding hydrogens is 378 g/mol. The molecule has 1 unspecified atom stereocenters. The highest BCUT2D eigenvalue weighted by Crippen LogP contribution is 2.60. The minimum atomic E-state index is -0.560. The molecule has 5 nitrogen and oxygen atoms in total. The Bertz CT molecular complexity index is 797. The van der Waals surface area contributed by atoms with Crippen LogP contribution in [0.3, 0.4) is 0 Å². The molecule has 0 radical (unpaired) electrons. The van der Waals surface area contributed by atoms with E-state index in [9.17, 15) is 18.4 Å². The Morgan fingerprint density at radius 2 is 1.76 bits per heavy atom. The van der Waals surface area contributed by atoms with Crippen LogP contribution in [0.25, 0.3) is 0 Å². The molecule has 2 amide bonds. The molecule has 2 heterocycles. The lowest BCUT2D eigenvalue weighted by Gasteiger charge is -2.37. The van der Waals surface area contributed by atoms with Crippen LogP contribution in [0.4, 0.5) is 8.78 Å². The summed E-state index contributed by atoms with van der Waals surface area (Å²) in [7, 11) is 0. The number of piperidine rings is 1. The van der Waals surface area contributed by atoms with Crippen LogP contribution in [-0.4, -0.2) is 60.0 Å². The van der Waals surface area contributed by atoms with E-state index in [0.29, 0.717) is 26.2 Å². The van der Waals surface area contributed by atoms with E-state index in [1.165, 1.54) is 0 Å². The Kier molecular flexibility index (Phi) is 5.36. The van der Waals surface area contributed by atoms with Crippen LogP contribution >= 0.6 is 0 Å². The van der Waals surface area contributed by atoms with Gasteiger partial charge in [0.15, 0.2) is 0 Å². The molecule has 1 aromatic carbocycles. The molecule has 7 heteroatoms. The highest BCUT2D eigenvalue weighted by atomic mass is 19.1. The normalized spacial score (nSPS) is 28.5. The van der Waals surface area contributed by atoms with Crippen molar-refractivity contribution in [2.24, 2.45) is 11.3 Å². The Morgan fingerprint density at radius 3 is 2.41 bits per heavy atom. The Balaban J connectivity index is 1.31. The van der Waals surface area contributed by atoms with Crippen molar-refractivity contribution in [2.75, 3.05) is 26.2 Å². The van der Waals surface area contributed by atoms with Gasteiger partial charge < -0.3 is 14.5 Å². The zero-order valence-electron chi connectivity index (χ0n) is 17.0. The fourth-order valence-corrected chi connectivity index (χ4v) is 4.98. The number of hydrogen-bond donors (Lipinski definition) is 0. The maximum Gasteiger partial charge on any atom is 0.227 e. The van der Waals surface area contributed by atoms with Gasteiger partial charge in [-0.15, -0.1) is 0 Å². The summed E-state index contributed by atoms with van der Waals surface area (Å²) < 4.78 is 32.9. The molecule has 1 spiro atoms. The second-order valence-corrected chi connectivity index (χ2v) is 8.91. The average Bonchev–Trinajstić information content (AvgIpc) is 3.37. The highest BCUT2D eigenvalue weighted by molar-refractivity contribution is 5.83. The molecule has 1 aromatic rings. The molecule has 3 atom stereocenters. The van der Waals surface area contributed by atoms with E-state index in [2.05, 4.69) is 0 Å². The molecule has 3 aliphatic rings. The van der Waals surface area contributed by atoms with Crippen LogP contribution in [0.2, 0.25) is 0 Å². The van der Waals surface area contributed by atoms with Crippen molar-refractivity contribution in [3.63, 3.8) is 0 Å². The molecule has 29 heavy (non-hydrogen) atoms. The summed E-state index contributed by atoms with van der Waals surface area (Å²) in [4.78, 5) is 29.2. The van der Waals surface area contributed by atoms with Gasteiger partial charge in [-0.25, -0.2) is 8.78 Å². The Morgan fingerprint density at radius 1 is 1.10 bits per heavy atom. The number of ether oxygens (including phenoxy) is 1. The first kappa shape index (κ1) is 20.3. The highest BCUT2D eigenvalue weighted by Gasteiger charge is 2.59. The van der Waals surface area contributed by atoms with Gasteiger partial charge in [-0.05, 0) is 56.7 Å². The van der Waals surface area contributed by atoms with Gasteiger partial charge in [0.05, 0.1) is 18.6 Å². The SMILES string of the molecule is C[C@@H]1CN(C(=O)C2CC23CCN(C(=O)Cc2cc(F)ccc2F)CC3)C[C@H](C)O1. The van der Waals surface area contributed by atoms with E-state index in [-0.39, 0.29) is 47.3 Å². The predicted octanol–water partition coefficient (Wildman–Crippen LogP) is 2.77. The summed E-state index contributed by atoms with van der Waals surface area (Å²) in [6, 6.07) is 3.18. The van der Waals surface area contributed by atoms with Crippen LogP contribution in [0, 0.1) is 23.0 Å². The van der Waals surface area contributed by atoms with Gasteiger partial charge in [-0.3, -0.25) is 9.59 Å². The van der Waals surface area contributed by atoms with Crippen LogP contribution < -0.4 is 0 Å². The number of morpholine rings is 1. The summed E-state index contributed by atoms with van der Waals surface area (Å²) >= 11 is 0. The van der Waals surface area contributed by atoms with E-state index in [1.807, 2.05) is 18.7 Å². The van der Waals surface area contributed by atoms with Crippen LogP contribution in [0.5, 0.6) is 0 Å². The van der Waals surface area contributed by atoms with E-state index in [1.54, 1.807) is 4.90 Å². The van der Waals surface area contributed by atoms with Crippen molar-refractivity contribution in [1.82, 2.24) is 9.80 Å². The van der Waals surface area contributed by atoms with Gasteiger partial charge >= 0.3 is 0 Å². The topological polar surface area (TPSA) is 49.9 Å². The standard InChI is InChI=1S/C22H28F2N2O3/c1-14-12-26(13-15(2)29-14)21(28)18-11-22(18)5-7-25(8-6-22)20(27)10-16-9-17(23)3-4-19(16)24/h3-4,9,14-15,18H,5-8,10-13H2,1-2H3/t14-,15+,18?. The first-order valence-electron chi connectivity index (χ1n) is 10.4. The largest absolute Gasteiger partial charge is 0.372 e. The minimum absolute atomic E-state index is 0.00273. The summed E-state index contributed by atoms with van der Waals surface area (Å²) in [6.07, 6.45) is 2.43. The number of likely N-dealkylation sites (tertiary alicyclic amines) is 1. The molecule has 0 aromatic heterocycles. The van der Waals surface area contributed by atoms with Crippen molar-refractivity contribution >= 4 is 11.8 Å². The molecule has 0 N–H and O–H groups in total. The molecule has 2 aliphatic heterocycles. The first-order chi connectivity index (χ1) is 13.8. The molecule has 2 saturated heterocycles. The molecular formula is C22H28F2N2O3. The number of halogens is 2. The maximum atomic E-state index is 13.8. The number of carbonyl (C=O) groups is 2. The van der Waals surface area contributed by atoms with Crippen molar-refractivity contribution in [3.05, 3.63) is 35.4 Å². The monoisotopic (exact) mass is 406 g/mol. The summed E-state index contributed by atoms with van der Waals surface area (Å²) in [5, 5.41) is 0. The number of rotatable bonds is 3. The lowest BCUT2D eigenvalue weighted by molar-refractivity contribution is -0.145. The number of hydrogen-bond acceptors (Lipinski definition) is 3. The second kappa shape index (κ2) is 7.67. The molecule has 1 aliphatic carbocycles. The molecule has 4 rings (SSSR count). The van der Waals surface area contributed by atoms with Gasteiger partial charge in [0.2, 0.25) is 11.8 Å². The zero-order chi connectivity index (χ0) is 20.8. The van der Waals surface area contributed by atoms with Crippen LogP contribution in [0.1, 0.15) is 38.7 Å². The number of nitrogens with zero attached hydrogens (tertiary/aromatic N) is 2. The summed E-state index contributed by atoms with van der Waals surface area (Å²) in [5.74, 6) is -1.04. The van der Waals surface area contributed by atoms with Crippen molar-refractivity contribution < 1.29 is 23.1 Å². The van der Waals surface area contributed by atoms with Gasteiger partial charge in [0.1, 0.15) is 11.6 Å². The number of benzene rings is 1. The minimum Gasteiger partial charge on any atom is -0.372 e. The van der Waals surface area contributed by atoms with Crippen molar-refractivity contribution in [3.8, 4) is 0 Å². The van der Waals surface area contributed by atoms with E-state index in [4.69, 9.17) is 4.74 Å². The molecule has 3 fully saturated rings. The third kappa shape index (κ3) is 4.15. The van der Waals surface area contributed by atoms with Gasteiger partial charge in [-0.1, -0.05) is 0 Å². The average molecular weight is 406 g/mol. The summed E-state index contributed by atoms with van der Waals surface area (Å²) in [6.45, 7) is 6.39. The molecule has 0 bridgehead atoms. The van der Waals surface area contributed by atoms with E-state index in [0.717, 1.165) is 37.5 Å². The fourth-order valence-electron chi connectivity index (χ4n) is 4.98. The maximum absolute atomic E-state index is 13.8. The van der Waals surface area contributed by atoms with E-state index >= 15 is 0 Å². The smallest absolute Gasteiger partial charge is 0.227 e. The molecule has 1 saturated carbocycles. The lowest BCUT2D eigenvalue weighted by Crippen LogP contribution is -2.49. The lowest BCUT2D eigenvalue weighted by atomic mass is 9.90. The Hall–Kier alpha value is -2.02.